The van der Waals surface area contributed by atoms with E-state index in [0.29, 0.717) is 10.0 Å². The number of anilines is 1. The van der Waals surface area contributed by atoms with E-state index in [0.717, 1.165) is 17.7 Å². The lowest BCUT2D eigenvalue weighted by Gasteiger charge is -2.20. The first-order valence-corrected chi connectivity index (χ1v) is 9.62. The fourth-order valence-corrected chi connectivity index (χ4v) is 3.11. The van der Waals surface area contributed by atoms with Crippen molar-refractivity contribution in [2.75, 3.05) is 11.6 Å². The van der Waals surface area contributed by atoms with E-state index < -0.39 is 9.84 Å². The lowest BCUT2D eigenvalue weighted by Crippen LogP contribution is -2.32. The van der Waals surface area contributed by atoms with Gasteiger partial charge in [-0.1, -0.05) is 37.3 Å². The monoisotopic (exact) mass is 348 g/mol. The molecule has 0 aliphatic rings. The van der Waals surface area contributed by atoms with Gasteiger partial charge in [-0.15, -0.1) is 0 Å². The molecule has 1 atom stereocenters. The second kappa shape index (κ2) is 7.57. The molecule has 0 bridgehead atoms. The first kappa shape index (κ1) is 17.4. The molecule has 0 heterocycles. The third kappa shape index (κ3) is 5.04. The maximum atomic E-state index is 11.5. The van der Waals surface area contributed by atoms with Crippen LogP contribution < -0.4 is 10.6 Å². The normalized spacial score (nSPS) is 12.4. The Bertz CT molecular complexity index is 757. The van der Waals surface area contributed by atoms with Crippen LogP contribution in [-0.4, -0.2) is 19.8 Å². The molecule has 0 saturated carbocycles. The lowest BCUT2D eigenvalue weighted by atomic mass is 10.1. The number of benzene rings is 2. The van der Waals surface area contributed by atoms with Crippen LogP contribution in [0.2, 0.25) is 0 Å². The zero-order chi connectivity index (χ0) is 16.9. The SMILES string of the molecule is CC[C@@H](NC(=S)Nc1ccccc1)c1ccc(S(C)(=O)=O)cc1. The summed E-state index contributed by atoms with van der Waals surface area (Å²) in [5.74, 6) is 0. The third-order valence-corrected chi connectivity index (χ3v) is 4.80. The Morgan fingerprint density at radius 1 is 1.09 bits per heavy atom. The highest BCUT2D eigenvalue weighted by molar-refractivity contribution is 7.90. The molecule has 2 aromatic carbocycles. The van der Waals surface area contributed by atoms with Crippen LogP contribution in [0.15, 0.2) is 59.5 Å². The fraction of sp³-hybridized carbons (Fsp3) is 0.235. The van der Waals surface area contributed by atoms with Crippen molar-refractivity contribution in [3.05, 3.63) is 60.2 Å². The van der Waals surface area contributed by atoms with Gasteiger partial charge in [-0.05, 0) is 48.5 Å². The van der Waals surface area contributed by atoms with Crippen molar-refractivity contribution in [1.82, 2.24) is 5.32 Å². The largest absolute Gasteiger partial charge is 0.356 e. The molecule has 6 heteroatoms. The number of sulfone groups is 1. The van der Waals surface area contributed by atoms with E-state index in [1.807, 2.05) is 49.4 Å². The standard InChI is InChI=1S/C17H20N2O2S2/c1-3-16(13-9-11-15(12-10-13)23(2,20)21)19-17(22)18-14-7-5-4-6-8-14/h4-12,16H,3H2,1-2H3,(H2,18,19,22)/t16-/m1/s1. The molecule has 0 aromatic heterocycles. The van der Waals surface area contributed by atoms with E-state index in [1.165, 1.54) is 6.26 Å². The Hall–Kier alpha value is -1.92. The van der Waals surface area contributed by atoms with Crippen LogP contribution in [0.25, 0.3) is 0 Å². The van der Waals surface area contributed by atoms with E-state index in [4.69, 9.17) is 12.2 Å². The molecule has 0 amide bonds. The van der Waals surface area contributed by atoms with Crippen molar-refractivity contribution in [2.45, 2.75) is 24.3 Å². The first-order valence-electron chi connectivity index (χ1n) is 7.32. The van der Waals surface area contributed by atoms with Crippen LogP contribution in [0.1, 0.15) is 24.9 Å². The molecule has 2 N–H and O–H groups in total. The minimum atomic E-state index is -3.17. The fourth-order valence-electron chi connectivity index (χ4n) is 2.22. The van der Waals surface area contributed by atoms with Crippen molar-refractivity contribution in [3.63, 3.8) is 0 Å². The first-order chi connectivity index (χ1) is 10.9. The van der Waals surface area contributed by atoms with E-state index in [9.17, 15) is 8.42 Å². The topological polar surface area (TPSA) is 58.2 Å². The zero-order valence-corrected chi connectivity index (χ0v) is 14.7. The molecule has 0 saturated heterocycles. The quantitative estimate of drug-likeness (QED) is 0.810. The van der Waals surface area contributed by atoms with Gasteiger partial charge in [-0.2, -0.15) is 0 Å². The molecule has 2 rings (SSSR count). The van der Waals surface area contributed by atoms with E-state index in [2.05, 4.69) is 10.6 Å². The summed E-state index contributed by atoms with van der Waals surface area (Å²) in [7, 11) is -3.17. The molecular weight excluding hydrogens is 328 g/mol. The molecule has 2 aromatic rings. The Kier molecular flexibility index (Phi) is 5.74. The van der Waals surface area contributed by atoms with Gasteiger partial charge in [0.25, 0.3) is 0 Å². The van der Waals surface area contributed by atoms with Gasteiger partial charge in [0.05, 0.1) is 10.9 Å². The minimum absolute atomic E-state index is 0.0207. The van der Waals surface area contributed by atoms with E-state index in [1.54, 1.807) is 12.1 Å². The van der Waals surface area contributed by atoms with Gasteiger partial charge in [0.2, 0.25) is 0 Å². The molecule has 0 fully saturated rings. The van der Waals surface area contributed by atoms with Crippen LogP contribution in [0.5, 0.6) is 0 Å². The van der Waals surface area contributed by atoms with E-state index >= 15 is 0 Å². The van der Waals surface area contributed by atoms with Gasteiger partial charge < -0.3 is 10.6 Å². The Morgan fingerprint density at radius 2 is 1.70 bits per heavy atom. The molecule has 0 spiro atoms. The van der Waals surface area contributed by atoms with Gasteiger partial charge in [-0.25, -0.2) is 8.42 Å². The Balaban J connectivity index is 2.06. The number of rotatable bonds is 5. The molecule has 0 unspecified atom stereocenters. The molecule has 0 aliphatic heterocycles. The minimum Gasteiger partial charge on any atom is -0.356 e. The average Bonchev–Trinajstić information content (AvgIpc) is 2.53. The Morgan fingerprint density at radius 3 is 2.22 bits per heavy atom. The molecule has 0 aliphatic carbocycles. The average molecular weight is 348 g/mol. The summed E-state index contributed by atoms with van der Waals surface area (Å²) < 4.78 is 23.0. The van der Waals surface area contributed by atoms with Crippen molar-refractivity contribution in [1.29, 1.82) is 0 Å². The lowest BCUT2D eigenvalue weighted by molar-refractivity contribution is 0.601. The Labute approximate surface area is 142 Å². The number of thiocarbonyl (C=S) groups is 1. The maximum absolute atomic E-state index is 11.5. The highest BCUT2D eigenvalue weighted by Crippen LogP contribution is 2.19. The number of para-hydroxylation sites is 1. The smallest absolute Gasteiger partial charge is 0.175 e. The predicted molar refractivity (Wildman–Crippen MR) is 98.4 cm³/mol. The van der Waals surface area contributed by atoms with Gasteiger partial charge >= 0.3 is 0 Å². The van der Waals surface area contributed by atoms with Crippen molar-refractivity contribution >= 4 is 32.9 Å². The highest BCUT2D eigenvalue weighted by atomic mass is 32.2. The highest BCUT2D eigenvalue weighted by Gasteiger charge is 2.13. The second-order valence-corrected chi connectivity index (χ2v) is 7.69. The second-order valence-electron chi connectivity index (χ2n) is 5.27. The summed E-state index contributed by atoms with van der Waals surface area (Å²) in [5, 5.41) is 6.93. The van der Waals surface area contributed by atoms with Gasteiger partial charge in [0.1, 0.15) is 0 Å². The molecule has 23 heavy (non-hydrogen) atoms. The van der Waals surface area contributed by atoms with E-state index in [-0.39, 0.29) is 6.04 Å². The summed E-state index contributed by atoms with van der Waals surface area (Å²) in [6.45, 7) is 2.05. The van der Waals surface area contributed by atoms with Gasteiger partial charge in [0, 0.05) is 11.9 Å². The van der Waals surface area contributed by atoms with Crippen LogP contribution in [0.3, 0.4) is 0 Å². The summed E-state index contributed by atoms with van der Waals surface area (Å²) in [4.78, 5) is 0.320. The number of nitrogens with one attached hydrogen (secondary N) is 2. The summed E-state index contributed by atoms with van der Waals surface area (Å²) in [5.41, 5.74) is 1.92. The van der Waals surface area contributed by atoms with Gasteiger partial charge in [0.15, 0.2) is 14.9 Å². The van der Waals surface area contributed by atoms with Crippen molar-refractivity contribution < 1.29 is 8.42 Å². The predicted octanol–water partition coefficient (Wildman–Crippen LogP) is 3.53. The van der Waals surface area contributed by atoms with Crippen LogP contribution in [0.4, 0.5) is 5.69 Å². The van der Waals surface area contributed by atoms with Crippen LogP contribution in [0, 0.1) is 0 Å². The summed E-state index contributed by atoms with van der Waals surface area (Å²) >= 11 is 5.35. The van der Waals surface area contributed by atoms with Gasteiger partial charge in [-0.3, -0.25) is 0 Å². The number of hydrogen-bond acceptors (Lipinski definition) is 3. The van der Waals surface area contributed by atoms with Crippen molar-refractivity contribution in [3.8, 4) is 0 Å². The third-order valence-electron chi connectivity index (χ3n) is 3.46. The van der Waals surface area contributed by atoms with Crippen LogP contribution in [-0.2, 0) is 9.84 Å². The summed E-state index contributed by atoms with van der Waals surface area (Å²) in [6, 6.07) is 16.6. The summed E-state index contributed by atoms with van der Waals surface area (Å²) in [6.07, 6.45) is 2.03. The van der Waals surface area contributed by atoms with Crippen LogP contribution >= 0.6 is 12.2 Å². The molecular formula is C17H20N2O2S2. The maximum Gasteiger partial charge on any atom is 0.175 e. The molecule has 122 valence electrons. The zero-order valence-electron chi connectivity index (χ0n) is 13.1. The molecule has 4 nitrogen and oxygen atoms in total. The van der Waals surface area contributed by atoms with Crippen molar-refractivity contribution in [2.24, 2.45) is 0 Å². The molecule has 0 radical (unpaired) electrons. The number of hydrogen-bond donors (Lipinski definition) is 2.